The van der Waals surface area contributed by atoms with E-state index in [2.05, 4.69) is 0 Å². The lowest BCUT2D eigenvalue weighted by Crippen LogP contribution is -2.60. The highest BCUT2D eigenvalue weighted by molar-refractivity contribution is 5.87. The largest absolute Gasteiger partial charge is 0.508 e. The van der Waals surface area contributed by atoms with Crippen LogP contribution in [0, 0.1) is 17.8 Å². The van der Waals surface area contributed by atoms with E-state index in [1.54, 1.807) is 19.1 Å². The minimum absolute atomic E-state index is 0.0604. The van der Waals surface area contributed by atoms with Crippen LogP contribution in [0.4, 0.5) is 0 Å². The highest BCUT2D eigenvalue weighted by atomic mass is 16.7. The van der Waals surface area contributed by atoms with Crippen LogP contribution in [-0.4, -0.2) is 105 Å². The van der Waals surface area contributed by atoms with Crippen LogP contribution < -0.4 is 0 Å². The molecule has 0 radical (unpaired) electrons. The van der Waals surface area contributed by atoms with Gasteiger partial charge in [-0.2, -0.15) is 0 Å². The highest BCUT2D eigenvalue weighted by Gasteiger charge is 2.62. The first-order valence-electron chi connectivity index (χ1n) is 12.0. The van der Waals surface area contributed by atoms with Crippen molar-refractivity contribution in [2.45, 2.75) is 55.8 Å². The first-order chi connectivity index (χ1) is 17.6. The van der Waals surface area contributed by atoms with Crippen molar-refractivity contribution < 1.29 is 59.2 Å². The summed E-state index contributed by atoms with van der Waals surface area (Å²) in [5.41, 5.74) is -0.948. The number of ether oxygens (including phenoxy) is 4. The SMILES string of the molecule is CC1CC2OC(=O)C(COC3OC(CO)C(OC(=O)C=Cc4ccc(O)cc4)C(O)C3O)C2C1(O)CO. The number of benzene rings is 1. The molecule has 0 spiro atoms. The number of phenolic OH excluding ortho intramolecular Hbond substituents is 1. The fourth-order valence-electron chi connectivity index (χ4n) is 5.35. The van der Waals surface area contributed by atoms with Gasteiger partial charge in [-0.25, -0.2) is 4.79 Å². The second kappa shape index (κ2) is 11.0. The van der Waals surface area contributed by atoms with Crippen molar-refractivity contribution in [2.24, 2.45) is 17.8 Å². The summed E-state index contributed by atoms with van der Waals surface area (Å²) in [7, 11) is 0. The zero-order chi connectivity index (χ0) is 26.9. The van der Waals surface area contributed by atoms with Crippen molar-refractivity contribution in [3.8, 4) is 5.75 Å². The lowest BCUT2D eigenvalue weighted by Gasteiger charge is -2.41. The number of fused-ring (bicyclic) bond motifs is 1. The summed E-state index contributed by atoms with van der Waals surface area (Å²) in [4.78, 5) is 24.7. The summed E-state index contributed by atoms with van der Waals surface area (Å²) in [5, 5.41) is 61.0. The number of carbonyl (C=O) groups excluding carboxylic acids is 2. The molecule has 12 heteroatoms. The average Bonchev–Trinajstić information content (AvgIpc) is 3.32. The van der Waals surface area contributed by atoms with Gasteiger partial charge in [0.25, 0.3) is 0 Å². The lowest BCUT2D eigenvalue weighted by molar-refractivity contribution is -0.305. The van der Waals surface area contributed by atoms with Crippen LogP contribution in [0.1, 0.15) is 18.9 Å². The van der Waals surface area contributed by atoms with Gasteiger partial charge < -0.3 is 49.6 Å². The van der Waals surface area contributed by atoms with Crippen LogP contribution in [0.25, 0.3) is 6.08 Å². The Hall–Kier alpha value is -2.58. The second-order valence-electron chi connectivity index (χ2n) is 9.76. The quantitative estimate of drug-likeness (QED) is 0.174. The summed E-state index contributed by atoms with van der Waals surface area (Å²) >= 11 is 0. The highest BCUT2D eigenvalue weighted by Crippen LogP contribution is 2.50. The molecule has 1 aromatic carbocycles. The van der Waals surface area contributed by atoms with Crippen molar-refractivity contribution >= 4 is 18.0 Å². The Kier molecular flexibility index (Phi) is 8.19. The second-order valence-corrected chi connectivity index (χ2v) is 9.76. The van der Waals surface area contributed by atoms with E-state index < -0.39 is 79.4 Å². The molecule has 4 rings (SSSR count). The maximum Gasteiger partial charge on any atom is 0.331 e. The minimum atomic E-state index is -1.70. The minimum Gasteiger partial charge on any atom is -0.508 e. The fourth-order valence-corrected chi connectivity index (χ4v) is 5.35. The zero-order valence-corrected chi connectivity index (χ0v) is 20.1. The molecule has 0 amide bonds. The standard InChI is InChI=1S/C25H32O12/c1-12-8-16-19(25(12,33)11-27)15(23(32)35-16)10-34-24-21(31)20(30)22(17(9-26)36-24)37-18(29)7-4-13-2-5-14(28)6-3-13/h2-7,12,15-17,19-22,24,26-28,30-31,33H,8-11H2,1H3. The Morgan fingerprint density at radius 1 is 1.19 bits per heavy atom. The molecule has 37 heavy (non-hydrogen) atoms. The van der Waals surface area contributed by atoms with E-state index >= 15 is 0 Å². The maximum absolute atomic E-state index is 12.4. The van der Waals surface area contributed by atoms with Crippen molar-refractivity contribution in [3.63, 3.8) is 0 Å². The first kappa shape index (κ1) is 27.5. The Bertz CT molecular complexity index is 994. The number of aromatic hydroxyl groups is 1. The summed E-state index contributed by atoms with van der Waals surface area (Å²) in [5.74, 6) is -3.43. The summed E-state index contributed by atoms with van der Waals surface area (Å²) in [6.45, 7) is 0.158. The van der Waals surface area contributed by atoms with Crippen molar-refractivity contribution in [2.75, 3.05) is 19.8 Å². The third-order valence-electron chi connectivity index (χ3n) is 7.49. The molecule has 2 saturated heterocycles. The van der Waals surface area contributed by atoms with Crippen LogP contribution in [0.15, 0.2) is 30.3 Å². The number of carbonyl (C=O) groups is 2. The predicted molar refractivity (Wildman–Crippen MR) is 123 cm³/mol. The summed E-state index contributed by atoms with van der Waals surface area (Å²) in [6, 6.07) is 6.00. The van der Waals surface area contributed by atoms with Gasteiger partial charge in [0.1, 0.15) is 30.2 Å². The molecule has 3 fully saturated rings. The Morgan fingerprint density at radius 2 is 1.89 bits per heavy atom. The topological polar surface area (TPSA) is 192 Å². The third kappa shape index (κ3) is 5.36. The van der Waals surface area contributed by atoms with Crippen molar-refractivity contribution in [3.05, 3.63) is 35.9 Å². The normalized spacial score (nSPS) is 39.5. The molecule has 0 bridgehead atoms. The van der Waals surface area contributed by atoms with E-state index in [1.165, 1.54) is 18.2 Å². The molecule has 2 aliphatic heterocycles. The third-order valence-corrected chi connectivity index (χ3v) is 7.49. The van der Waals surface area contributed by atoms with E-state index in [0.29, 0.717) is 12.0 Å². The van der Waals surface area contributed by atoms with Gasteiger partial charge in [0.05, 0.1) is 31.3 Å². The van der Waals surface area contributed by atoms with Gasteiger partial charge in [-0.3, -0.25) is 4.79 Å². The number of hydrogen-bond donors (Lipinski definition) is 6. The number of aliphatic hydroxyl groups excluding tert-OH is 4. The smallest absolute Gasteiger partial charge is 0.331 e. The Labute approximate surface area is 212 Å². The number of esters is 2. The molecule has 12 nitrogen and oxygen atoms in total. The average molecular weight is 525 g/mol. The van der Waals surface area contributed by atoms with E-state index in [9.17, 15) is 40.2 Å². The molecule has 6 N–H and O–H groups in total. The van der Waals surface area contributed by atoms with Crippen LogP contribution in [-0.2, 0) is 28.5 Å². The van der Waals surface area contributed by atoms with Gasteiger partial charge in [0.15, 0.2) is 12.4 Å². The summed E-state index contributed by atoms with van der Waals surface area (Å²) < 4.78 is 21.7. The van der Waals surface area contributed by atoms with E-state index in [0.717, 1.165) is 6.08 Å². The molecule has 2 heterocycles. The number of phenols is 1. The van der Waals surface area contributed by atoms with Crippen LogP contribution in [0.2, 0.25) is 0 Å². The molecule has 3 aliphatic rings. The fraction of sp³-hybridized carbons (Fsp3) is 0.600. The predicted octanol–water partition coefficient (Wildman–Crippen LogP) is -1.31. The van der Waals surface area contributed by atoms with Gasteiger partial charge in [0.2, 0.25) is 0 Å². The molecule has 10 atom stereocenters. The zero-order valence-electron chi connectivity index (χ0n) is 20.1. The van der Waals surface area contributed by atoms with E-state index in [-0.39, 0.29) is 18.3 Å². The van der Waals surface area contributed by atoms with Crippen LogP contribution in [0.5, 0.6) is 5.75 Å². The maximum atomic E-state index is 12.4. The number of rotatable bonds is 8. The monoisotopic (exact) mass is 524 g/mol. The van der Waals surface area contributed by atoms with Gasteiger partial charge in [-0.15, -0.1) is 0 Å². The Morgan fingerprint density at radius 3 is 2.54 bits per heavy atom. The van der Waals surface area contributed by atoms with Gasteiger partial charge in [-0.05, 0) is 36.1 Å². The van der Waals surface area contributed by atoms with Gasteiger partial charge >= 0.3 is 11.9 Å². The van der Waals surface area contributed by atoms with Crippen molar-refractivity contribution in [1.29, 1.82) is 0 Å². The molecule has 10 unspecified atom stereocenters. The van der Waals surface area contributed by atoms with E-state index in [1.807, 2.05) is 0 Å². The molecule has 1 saturated carbocycles. The lowest BCUT2D eigenvalue weighted by atomic mass is 9.78. The van der Waals surface area contributed by atoms with E-state index in [4.69, 9.17) is 18.9 Å². The summed E-state index contributed by atoms with van der Waals surface area (Å²) in [6.07, 6.45) is -5.25. The molecular formula is C25H32O12. The molecular weight excluding hydrogens is 492 g/mol. The molecule has 0 aromatic heterocycles. The van der Waals surface area contributed by atoms with Crippen LogP contribution in [0.3, 0.4) is 0 Å². The van der Waals surface area contributed by atoms with Gasteiger partial charge in [0, 0.05) is 12.0 Å². The van der Waals surface area contributed by atoms with Gasteiger partial charge in [-0.1, -0.05) is 19.1 Å². The molecule has 1 aliphatic carbocycles. The molecule has 204 valence electrons. The van der Waals surface area contributed by atoms with Crippen LogP contribution >= 0.6 is 0 Å². The number of aliphatic hydroxyl groups is 5. The first-order valence-corrected chi connectivity index (χ1v) is 12.0. The van der Waals surface area contributed by atoms with Crippen molar-refractivity contribution in [1.82, 2.24) is 0 Å². The molecule has 1 aromatic rings. The Balaban J connectivity index is 1.38. The number of hydrogen-bond acceptors (Lipinski definition) is 12.